The van der Waals surface area contributed by atoms with Gasteiger partial charge in [0.15, 0.2) is 11.5 Å². The fourth-order valence-electron chi connectivity index (χ4n) is 2.89. The zero-order chi connectivity index (χ0) is 19.5. The van der Waals surface area contributed by atoms with Crippen molar-refractivity contribution in [1.82, 2.24) is 9.97 Å². The van der Waals surface area contributed by atoms with Gasteiger partial charge >= 0.3 is 0 Å². The highest BCUT2D eigenvalue weighted by atomic mass is 32.1. The molecule has 0 bridgehead atoms. The molecule has 1 amide bonds. The number of hydrogen-bond acceptors (Lipinski definition) is 6. The van der Waals surface area contributed by atoms with Crippen LogP contribution in [0.25, 0.3) is 20.9 Å². The number of fused-ring (bicyclic) bond motifs is 1. The Morgan fingerprint density at radius 3 is 2.68 bits per heavy atom. The average Bonchev–Trinajstić information content (AvgIpc) is 3.17. The van der Waals surface area contributed by atoms with Crippen LogP contribution in [0.15, 0.2) is 60.8 Å². The third kappa shape index (κ3) is 3.39. The van der Waals surface area contributed by atoms with Crippen molar-refractivity contribution in [2.45, 2.75) is 0 Å². The number of ether oxygens (including phenoxy) is 2. The lowest BCUT2D eigenvalue weighted by Gasteiger charge is -2.12. The Labute approximate surface area is 165 Å². The normalized spacial score (nSPS) is 10.6. The van der Waals surface area contributed by atoms with E-state index in [1.54, 1.807) is 24.4 Å². The fourth-order valence-corrected chi connectivity index (χ4v) is 3.79. The van der Waals surface area contributed by atoms with Gasteiger partial charge in [-0.2, -0.15) is 0 Å². The van der Waals surface area contributed by atoms with Gasteiger partial charge in [-0.3, -0.25) is 4.79 Å². The van der Waals surface area contributed by atoms with E-state index in [9.17, 15) is 4.79 Å². The standard InChI is InChI=1S/C21H17N3O3S/c1-26-17-10-4-8-15(18(17)27-2)19(25)23-14-7-3-6-13(12-14)20-24-16-9-5-11-22-21(16)28-20/h3-12H,1-2H3,(H,23,25). The van der Waals surface area contributed by atoms with Crippen LogP contribution in [0.5, 0.6) is 11.5 Å². The van der Waals surface area contributed by atoms with E-state index in [0.717, 1.165) is 20.9 Å². The molecule has 0 saturated carbocycles. The molecule has 0 fully saturated rings. The average molecular weight is 391 g/mol. The number of carbonyl (C=O) groups excluding carboxylic acids is 1. The second-order valence-corrected chi connectivity index (χ2v) is 6.90. The molecule has 140 valence electrons. The maximum Gasteiger partial charge on any atom is 0.259 e. The van der Waals surface area contributed by atoms with E-state index >= 15 is 0 Å². The predicted octanol–water partition coefficient (Wildman–Crippen LogP) is 4.63. The summed E-state index contributed by atoms with van der Waals surface area (Å²) in [5.41, 5.74) is 2.84. The molecule has 28 heavy (non-hydrogen) atoms. The van der Waals surface area contributed by atoms with Crippen LogP contribution in [0.3, 0.4) is 0 Å². The number of aromatic nitrogens is 2. The number of rotatable bonds is 5. The molecule has 4 aromatic rings. The lowest BCUT2D eigenvalue weighted by atomic mass is 10.1. The quantitative estimate of drug-likeness (QED) is 0.537. The number of hydrogen-bond donors (Lipinski definition) is 1. The summed E-state index contributed by atoms with van der Waals surface area (Å²) in [6.07, 6.45) is 1.75. The lowest BCUT2D eigenvalue weighted by molar-refractivity contribution is 0.102. The van der Waals surface area contributed by atoms with E-state index in [0.29, 0.717) is 22.7 Å². The van der Waals surface area contributed by atoms with Crippen molar-refractivity contribution in [2.75, 3.05) is 19.5 Å². The zero-order valence-corrected chi connectivity index (χ0v) is 16.1. The van der Waals surface area contributed by atoms with Gasteiger partial charge in [-0.25, -0.2) is 9.97 Å². The molecule has 2 aromatic carbocycles. The highest BCUT2D eigenvalue weighted by Crippen LogP contribution is 2.32. The van der Waals surface area contributed by atoms with Crippen molar-refractivity contribution < 1.29 is 14.3 Å². The van der Waals surface area contributed by atoms with Crippen LogP contribution < -0.4 is 14.8 Å². The van der Waals surface area contributed by atoms with Gasteiger partial charge in [0, 0.05) is 17.4 Å². The lowest BCUT2D eigenvalue weighted by Crippen LogP contribution is -2.13. The first-order valence-electron chi connectivity index (χ1n) is 8.54. The molecule has 0 atom stereocenters. The van der Waals surface area contributed by atoms with Crippen LogP contribution in [0.1, 0.15) is 10.4 Å². The number of para-hydroxylation sites is 1. The number of benzene rings is 2. The number of pyridine rings is 1. The molecular weight excluding hydrogens is 374 g/mol. The minimum atomic E-state index is -0.279. The predicted molar refractivity (Wildman–Crippen MR) is 110 cm³/mol. The Balaban J connectivity index is 1.63. The first kappa shape index (κ1) is 17.9. The minimum absolute atomic E-state index is 0.279. The van der Waals surface area contributed by atoms with E-state index in [-0.39, 0.29) is 5.91 Å². The minimum Gasteiger partial charge on any atom is -0.493 e. The van der Waals surface area contributed by atoms with Gasteiger partial charge in [0.1, 0.15) is 15.4 Å². The van der Waals surface area contributed by atoms with Crippen molar-refractivity contribution in [3.63, 3.8) is 0 Å². The molecule has 0 aliphatic carbocycles. The van der Waals surface area contributed by atoms with Crippen molar-refractivity contribution >= 4 is 33.3 Å². The number of methoxy groups -OCH3 is 2. The number of anilines is 1. The summed E-state index contributed by atoms with van der Waals surface area (Å²) < 4.78 is 10.6. The first-order chi connectivity index (χ1) is 13.7. The summed E-state index contributed by atoms with van der Waals surface area (Å²) in [5, 5.41) is 3.77. The third-order valence-electron chi connectivity index (χ3n) is 4.18. The molecule has 7 heteroatoms. The molecular formula is C21H17N3O3S. The molecule has 2 heterocycles. The number of thiazole rings is 1. The van der Waals surface area contributed by atoms with Crippen LogP contribution in [0.4, 0.5) is 5.69 Å². The van der Waals surface area contributed by atoms with Gasteiger partial charge in [0.2, 0.25) is 0 Å². The summed E-state index contributed by atoms with van der Waals surface area (Å²) in [6.45, 7) is 0. The van der Waals surface area contributed by atoms with E-state index in [1.807, 2.05) is 36.4 Å². The zero-order valence-electron chi connectivity index (χ0n) is 15.3. The van der Waals surface area contributed by atoms with Gasteiger partial charge in [-0.15, -0.1) is 0 Å². The molecule has 2 aromatic heterocycles. The van der Waals surface area contributed by atoms with Crippen molar-refractivity contribution in [3.05, 3.63) is 66.4 Å². The number of amides is 1. The van der Waals surface area contributed by atoms with Gasteiger partial charge in [0.05, 0.1) is 19.8 Å². The van der Waals surface area contributed by atoms with Crippen molar-refractivity contribution in [3.8, 4) is 22.1 Å². The van der Waals surface area contributed by atoms with Crippen LogP contribution in [0, 0.1) is 0 Å². The molecule has 0 spiro atoms. The number of nitrogens with one attached hydrogen (secondary N) is 1. The van der Waals surface area contributed by atoms with Gasteiger partial charge in [0.25, 0.3) is 5.91 Å². The largest absolute Gasteiger partial charge is 0.493 e. The van der Waals surface area contributed by atoms with Gasteiger partial charge < -0.3 is 14.8 Å². The summed E-state index contributed by atoms with van der Waals surface area (Å²) in [7, 11) is 3.05. The van der Waals surface area contributed by atoms with E-state index in [2.05, 4.69) is 15.3 Å². The van der Waals surface area contributed by atoms with Gasteiger partial charge in [-0.1, -0.05) is 29.5 Å². The third-order valence-corrected chi connectivity index (χ3v) is 5.21. The SMILES string of the molecule is COc1cccc(C(=O)Nc2cccc(-c3nc4cccnc4s3)c2)c1OC. The molecule has 4 rings (SSSR count). The first-order valence-corrected chi connectivity index (χ1v) is 9.35. The maximum absolute atomic E-state index is 12.8. The van der Waals surface area contributed by atoms with E-state index in [1.165, 1.54) is 25.6 Å². The Morgan fingerprint density at radius 1 is 1.04 bits per heavy atom. The molecule has 6 nitrogen and oxygen atoms in total. The van der Waals surface area contributed by atoms with Crippen LogP contribution in [-0.4, -0.2) is 30.1 Å². The summed E-state index contributed by atoms with van der Waals surface area (Å²) in [5.74, 6) is 0.626. The van der Waals surface area contributed by atoms with E-state index < -0.39 is 0 Å². The molecule has 0 aliphatic heterocycles. The highest BCUT2D eigenvalue weighted by Gasteiger charge is 2.17. The Kier molecular flexibility index (Phi) is 4.90. The highest BCUT2D eigenvalue weighted by molar-refractivity contribution is 7.21. The van der Waals surface area contributed by atoms with Gasteiger partial charge in [-0.05, 0) is 36.4 Å². The Hall–Kier alpha value is -3.45. The van der Waals surface area contributed by atoms with Crippen molar-refractivity contribution in [2.24, 2.45) is 0 Å². The van der Waals surface area contributed by atoms with Crippen LogP contribution in [0.2, 0.25) is 0 Å². The number of carbonyl (C=O) groups is 1. The summed E-state index contributed by atoms with van der Waals surface area (Å²) >= 11 is 1.51. The fraction of sp³-hybridized carbons (Fsp3) is 0.0952. The van der Waals surface area contributed by atoms with Crippen molar-refractivity contribution in [1.29, 1.82) is 0 Å². The van der Waals surface area contributed by atoms with Crippen LogP contribution in [-0.2, 0) is 0 Å². The molecule has 0 aliphatic rings. The topological polar surface area (TPSA) is 73.3 Å². The summed E-state index contributed by atoms with van der Waals surface area (Å²) in [4.78, 5) is 22.6. The molecule has 0 unspecified atom stereocenters. The molecule has 1 N–H and O–H groups in total. The second-order valence-electron chi connectivity index (χ2n) is 5.92. The smallest absolute Gasteiger partial charge is 0.259 e. The second kappa shape index (κ2) is 7.66. The Morgan fingerprint density at radius 2 is 1.89 bits per heavy atom. The van der Waals surface area contributed by atoms with Crippen LogP contribution >= 0.6 is 11.3 Å². The monoisotopic (exact) mass is 391 g/mol. The Bertz CT molecular complexity index is 1120. The maximum atomic E-state index is 12.8. The molecule has 0 radical (unpaired) electrons. The summed E-state index contributed by atoms with van der Waals surface area (Å²) in [6, 6.07) is 16.6. The van der Waals surface area contributed by atoms with E-state index in [4.69, 9.17) is 9.47 Å². The number of nitrogens with zero attached hydrogens (tertiary/aromatic N) is 2. The molecule has 0 saturated heterocycles.